The maximum Gasteiger partial charge on any atom is 0.291 e. The number of hydrogen-bond acceptors (Lipinski definition) is 3. The fraction of sp³-hybridized carbons (Fsp3) is 0.0833. The molecule has 0 aliphatic carbocycles. The van der Waals surface area contributed by atoms with E-state index in [1.54, 1.807) is 42.5 Å². The van der Waals surface area contributed by atoms with Crippen molar-refractivity contribution in [3.63, 3.8) is 0 Å². The average Bonchev–Trinajstić information content (AvgIpc) is 3.04. The zero-order valence-electron chi connectivity index (χ0n) is 16.2. The Kier molecular flexibility index (Phi) is 5.20. The first kappa shape index (κ1) is 21.0. The molecule has 0 bridgehead atoms. The molecule has 2 heterocycles. The van der Waals surface area contributed by atoms with Crippen molar-refractivity contribution in [2.24, 2.45) is 0 Å². The van der Waals surface area contributed by atoms with Crippen LogP contribution in [0, 0.1) is 5.82 Å². The molecule has 1 aromatic heterocycles. The number of nitrogens with zero attached hydrogens (tertiary/aromatic N) is 1. The third kappa shape index (κ3) is 3.47. The van der Waals surface area contributed by atoms with Gasteiger partial charge < -0.3 is 9.32 Å². The van der Waals surface area contributed by atoms with Crippen LogP contribution in [0.5, 0.6) is 0 Å². The molecular formula is C24H13Cl3FNO3. The summed E-state index contributed by atoms with van der Waals surface area (Å²) in [6.07, 6.45) is 0. The van der Waals surface area contributed by atoms with E-state index in [1.165, 1.54) is 23.1 Å². The molecule has 1 amide bonds. The van der Waals surface area contributed by atoms with Crippen LogP contribution in [0.25, 0.3) is 11.0 Å². The largest absolute Gasteiger partial charge is 0.450 e. The first-order chi connectivity index (χ1) is 15.3. The van der Waals surface area contributed by atoms with Crippen molar-refractivity contribution in [2.75, 3.05) is 0 Å². The maximum absolute atomic E-state index is 13.5. The molecule has 1 atom stereocenters. The summed E-state index contributed by atoms with van der Waals surface area (Å²) >= 11 is 18.4. The van der Waals surface area contributed by atoms with Gasteiger partial charge in [0.25, 0.3) is 5.91 Å². The standard InChI is InChI=1S/C24H13Cl3FNO3/c25-14-4-8-19-16(10-14)22(30)20-21(13-3-7-17(26)18(27)9-13)29(24(31)23(20)32-19)11-12-1-5-15(28)6-2-12/h1-10,21H,11H2. The van der Waals surface area contributed by atoms with Crippen molar-refractivity contribution in [3.8, 4) is 0 Å². The Bertz CT molecular complexity index is 1450. The lowest BCUT2D eigenvalue weighted by Gasteiger charge is -2.25. The summed E-state index contributed by atoms with van der Waals surface area (Å²) in [5.74, 6) is -0.872. The Balaban J connectivity index is 1.73. The van der Waals surface area contributed by atoms with E-state index >= 15 is 0 Å². The number of benzene rings is 3. The topological polar surface area (TPSA) is 50.5 Å². The van der Waals surface area contributed by atoms with Crippen molar-refractivity contribution in [1.82, 2.24) is 4.90 Å². The number of rotatable bonds is 3. The van der Waals surface area contributed by atoms with Crippen molar-refractivity contribution in [2.45, 2.75) is 12.6 Å². The number of halogens is 4. The number of amides is 1. The van der Waals surface area contributed by atoms with Crippen LogP contribution in [0.1, 0.15) is 33.3 Å². The van der Waals surface area contributed by atoms with Crippen molar-refractivity contribution in [1.29, 1.82) is 0 Å². The van der Waals surface area contributed by atoms with E-state index in [4.69, 9.17) is 39.2 Å². The molecule has 1 unspecified atom stereocenters. The molecule has 5 rings (SSSR count). The second-order valence-corrected chi connectivity index (χ2v) is 8.70. The van der Waals surface area contributed by atoms with Crippen molar-refractivity contribution < 1.29 is 13.6 Å². The van der Waals surface area contributed by atoms with Gasteiger partial charge in [0.15, 0.2) is 5.43 Å². The normalized spacial score (nSPS) is 15.4. The molecule has 4 nitrogen and oxygen atoms in total. The Morgan fingerprint density at radius 1 is 0.906 bits per heavy atom. The number of carbonyl (C=O) groups is 1. The van der Waals surface area contributed by atoms with E-state index < -0.39 is 11.9 Å². The van der Waals surface area contributed by atoms with Crippen LogP contribution < -0.4 is 5.43 Å². The minimum atomic E-state index is -0.767. The summed E-state index contributed by atoms with van der Waals surface area (Å²) in [5.41, 5.74) is 1.41. The van der Waals surface area contributed by atoms with E-state index in [9.17, 15) is 14.0 Å². The highest BCUT2D eigenvalue weighted by atomic mass is 35.5. The van der Waals surface area contributed by atoms with Crippen molar-refractivity contribution in [3.05, 3.63) is 114 Å². The van der Waals surface area contributed by atoms with Crippen LogP contribution in [-0.4, -0.2) is 10.8 Å². The lowest BCUT2D eigenvalue weighted by molar-refractivity contribution is 0.0714. The molecule has 0 saturated heterocycles. The third-order valence-electron chi connectivity index (χ3n) is 5.45. The molecule has 0 N–H and O–H groups in total. The summed E-state index contributed by atoms with van der Waals surface area (Å²) < 4.78 is 19.3. The Hall–Kier alpha value is -2.86. The third-order valence-corrected chi connectivity index (χ3v) is 6.43. The molecule has 160 valence electrons. The van der Waals surface area contributed by atoms with E-state index in [0.717, 1.165) is 0 Å². The highest BCUT2D eigenvalue weighted by molar-refractivity contribution is 6.42. The monoisotopic (exact) mass is 487 g/mol. The summed E-state index contributed by atoms with van der Waals surface area (Å²) in [7, 11) is 0. The van der Waals surface area contributed by atoms with E-state index in [1.807, 2.05) is 0 Å². The second-order valence-electron chi connectivity index (χ2n) is 7.45. The van der Waals surface area contributed by atoms with Crippen LogP contribution in [0.15, 0.2) is 69.9 Å². The molecule has 0 saturated carbocycles. The van der Waals surface area contributed by atoms with E-state index in [0.29, 0.717) is 26.2 Å². The molecule has 1 aliphatic rings. The predicted molar refractivity (Wildman–Crippen MR) is 122 cm³/mol. The molecule has 8 heteroatoms. The summed E-state index contributed by atoms with van der Waals surface area (Å²) in [5, 5.41) is 1.29. The zero-order chi connectivity index (χ0) is 22.6. The molecule has 0 fully saturated rings. The van der Waals surface area contributed by atoms with Gasteiger partial charge in [0.2, 0.25) is 5.76 Å². The maximum atomic E-state index is 13.5. The summed E-state index contributed by atoms with van der Waals surface area (Å²) in [4.78, 5) is 28.4. The van der Waals surface area contributed by atoms with Gasteiger partial charge in [-0.25, -0.2) is 4.39 Å². The predicted octanol–water partition coefficient (Wildman–Crippen LogP) is 6.64. The van der Waals surface area contributed by atoms with Crippen LogP contribution in [0.3, 0.4) is 0 Å². The van der Waals surface area contributed by atoms with Crippen LogP contribution in [0.2, 0.25) is 15.1 Å². The van der Waals surface area contributed by atoms with Gasteiger partial charge in [-0.2, -0.15) is 0 Å². The molecule has 0 spiro atoms. The van der Waals surface area contributed by atoms with Crippen molar-refractivity contribution >= 4 is 51.7 Å². The summed E-state index contributed by atoms with van der Waals surface area (Å²) in [6, 6.07) is 14.6. The molecule has 0 radical (unpaired) electrons. The fourth-order valence-corrected chi connectivity index (χ4v) is 4.45. The first-order valence-electron chi connectivity index (χ1n) is 9.60. The van der Waals surface area contributed by atoms with Crippen LogP contribution in [-0.2, 0) is 6.54 Å². The van der Waals surface area contributed by atoms with Gasteiger partial charge >= 0.3 is 0 Å². The van der Waals surface area contributed by atoms with Gasteiger partial charge in [-0.05, 0) is 53.6 Å². The lowest BCUT2D eigenvalue weighted by Crippen LogP contribution is -2.29. The molecule has 3 aromatic carbocycles. The molecule has 1 aliphatic heterocycles. The van der Waals surface area contributed by atoms with Gasteiger partial charge in [-0.15, -0.1) is 0 Å². The van der Waals surface area contributed by atoms with E-state index in [2.05, 4.69) is 0 Å². The highest BCUT2D eigenvalue weighted by Crippen LogP contribution is 2.40. The fourth-order valence-electron chi connectivity index (χ4n) is 3.97. The van der Waals surface area contributed by atoms with Gasteiger partial charge in [0.05, 0.1) is 27.0 Å². The SMILES string of the molecule is O=C1c2oc3ccc(Cl)cc3c(=O)c2C(c2ccc(Cl)c(Cl)c2)N1Cc1ccc(F)cc1. The molecule has 4 aromatic rings. The zero-order valence-corrected chi connectivity index (χ0v) is 18.5. The quantitative estimate of drug-likeness (QED) is 0.325. The Morgan fingerprint density at radius 3 is 2.38 bits per heavy atom. The first-order valence-corrected chi connectivity index (χ1v) is 10.7. The van der Waals surface area contributed by atoms with Crippen LogP contribution in [0.4, 0.5) is 4.39 Å². The van der Waals surface area contributed by atoms with Gasteiger partial charge in [-0.1, -0.05) is 53.0 Å². The highest BCUT2D eigenvalue weighted by Gasteiger charge is 2.42. The minimum Gasteiger partial charge on any atom is -0.450 e. The Labute approximate surface area is 196 Å². The van der Waals surface area contributed by atoms with Gasteiger partial charge in [-0.3, -0.25) is 9.59 Å². The number of carbonyl (C=O) groups excluding carboxylic acids is 1. The number of fused-ring (bicyclic) bond motifs is 2. The van der Waals surface area contributed by atoms with Crippen LogP contribution >= 0.6 is 34.8 Å². The second kappa shape index (κ2) is 7.93. The van der Waals surface area contributed by atoms with Gasteiger partial charge in [0.1, 0.15) is 11.4 Å². The van der Waals surface area contributed by atoms with Gasteiger partial charge in [0, 0.05) is 11.6 Å². The smallest absolute Gasteiger partial charge is 0.291 e. The lowest BCUT2D eigenvalue weighted by atomic mass is 9.98. The average molecular weight is 489 g/mol. The molecule has 32 heavy (non-hydrogen) atoms. The molecular weight excluding hydrogens is 476 g/mol. The minimum absolute atomic E-state index is 0.0389. The van der Waals surface area contributed by atoms with E-state index in [-0.39, 0.29) is 40.1 Å². The Morgan fingerprint density at radius 2 is 1.66 bits per heavy atom. The number of hydrogen-bond donors (Lipinski definition) is 0. The summed E-state index contributed by atoms with van der Waals surface area (Å²) in [6.45, 7) is 0.130.